The van der Waals surface area contributed by atoms with E-state index in [0.717, 1.165) is 41.0 Å². The molecular weight excluding hydrogens is 400 g/mol. The van der Waals surface area contributed by atoms with E-state index in [9.17, 15) is 0 Å². The highest BCUT2D eigenvalue weighted by molar-refractivity contribution is 6.32. The molecule has 0 N–H and O–H groups in total. The van der Waals surface area contributed by atoms with Crippen LogP contribution in [0, 0.1) is 12.8 Å². The van der Waals surface area contributed by atoms with Crippen LogP contribution in [0.3, 0.4) is 0 Å². The number of aryl methyl sites for hydroxylation is 1. The molecule has 0 aromatic carbocycles. The number of pyridine rings is 1. The molecule has 3 aromatic rings. The molecule has 1 aliphatic heterocycles. The van der Waals surface area contributed by atoms with E-state index in [4.69, 9.17) is 36.0 Å². The first-order valence-electron chi connectivity index (χ1n) is 10.7. The second kappa shape index (κ2) is 8.06. The topological polar surface area (TPSA) is 62.1 Å². The summed E-state index contributed by atoms with van der Waals surface area (Å²) in [5, 5.41) is 0.339. The van der Waals surface area contributed by atoms with E-state index in [2.05, 4.69) is 45.4 Å². The molecule has 0 saturated heterocycles. The fourth-order valence-electron chi connectivity index (χ4n) is 4.28. The molecule has 0 aliphatic carbocycles. The van der Waals surface area contributed by atoms with Crippen LogP contribution in [0.1, 0.15) is 63.8 Å². The highest BCUT2D eigenvalue weighted by Gasteiger charge is 2.31. The molecule has 0 fully saturated rings. The van der Waals surface area contributed by atoms with Crippen molar-refractivity contribution in [1.82, 2.24) is 19.5 Å². The summed E-state index contributed by atoms with van der Waals surface area (Å²) in [4.78, 5) is 14.4. The van der Waals surface area contributed by atoms with E-state index < -0.39 is 0 Å². The zero-order valence-corrected chi connectivity index (χ0v) is 19.2. The summed E-state index contributed by atoms with van der Waals surface area (Å²) in [6.07, 6.45) is 4.17. The molecule has 1 unspecified atom stereocenters. The molecule has 30 heavy (non-hydrogen) atoms. The van der Waals surface area contributed by atoms with Gasteiger partial charge in [0.1, 0.15) is 17.0 Å². The van der Waals surface area contributed by atoms with Crippen molar-refractivity contribution in [3.63, 3.8) is 0 Å². The van der Waals surface area contributed by atoms with Gasteiger partial charge in [-0.2, -0.15) is 0 Å². The van der Waals surface area contributed by atoms with E-state index in [-0.39, 0.29) is 5.92 Å². The summed E-state index contributed by atoms with van der Waals surface area (Å²) in [6.45, 7) is 11.4. The standard InChI is InChI=1S/C23H29ClN4O2/c1-7-14(8-2)28-10-13(5)18-22(28)27-21(24)20(25-18)15-9-17-19(26-23(15)29-6)16(11-30-17)12(3)4/h9-10,12,14,16H,7-8,11H2,1-6H3. The predicted octanol–water partition coefficient (Wildman–Crippen LogP) is 5.96. The molecule has 4 rings (SSSR count). The van der Waals surface area contributed by atoms with Crippen LogP contribution in [0.25, 0.3) is 22.4 Å². The molecule has 6 nitrogen and oxygen atoms in total. The second-order valence-corrected chi connectivity index (χ2v) is 8.67. The van der Waals surface area contributed by atoms with Crippen molar-refractivity contribution in [1.29, 1.82) is 0 Å². The van der Waals surface area contributed by atoms with Crippen molar-refractivity contribution in [2.75, 3.05) is 13.7 Å². The van der Waals surface area contributed by atoms with Gasteiger partial charge in [-0.3, -0.25) is 0 Å². The average molecular weight is 429 g/mol. The summed E-state index contributed by atoms with van der Waals surface area (Å²) in [7, 11) is 1.62. The van der Waals surface area contributed by atoms with Crippen LogP contribution in [0.2, 0.25) is 5.15 Å². The minimum atomic E-state index is 0.253. The molecular formula is C23H29ClN4O2. The summed E-state index contributed by atoms with van der Waals surface area (Å²) in [5.74, 6) is 1.95. The van der Waals surface area contributed by atoms with Crippen molar-refractivity contribution < 1.29 is 9.47 Å². The zero-order chi connectivity index (χ0) is 21.6. The maximum atomic E-state index is 6.66. The number of rotatable bonds is 6. The highest BCUT2D eigenvalue weighted by atomic mass is 35.5. The fourth-order valence-corrected chi connectivity index (χ4v) is 4.50. The van der Waals surface area contributed by atoms with Gasteiger partial charge in [0.15, 0.2) is 10.8 Å². The first-order chi connectivity index (χ1) is 14.4. The first-order valence-corrected chi connectivity index (χ1v) is 11.0. The molecule has 0 spiro atoms. The van der Waals surface area contributed by atoms with Crippen molar-refractivity contribution in [2.45, 2.75) is 59.4 Å². The van der Waals surface area contributed by atoms with Gasteiger partial charge in [-0.05, 0) is 37.3 Å². The molecule has 0 bridgehead atoms. The van der Waals surface area contributed by atoms with Crippen LogP contribution in [0.15, 0.2) is 12.3 Å². The Morgan fingerprint density at radius 2 is 1.97 bits per heavy atom. The second-order valence-electron chi connectivity index (χ2n) is 8.32. The van der Waals surface area contributed by atoms with Crippen LogP contribution in [0.5, 0.6) is 11.6 Å². The number of hydrogen-bond acceptors (Lipinski definition) is 5. The summed E-state index contributed by atoms with van der Waals surface area (Å²) >= 11 is 6.66. The SMILES string of the molecule is CCC(CC)n1cc(C)c2nc(-c3cc4c(nc3OC)C(C(C)C)CO4)c(Cl)nc21. The van der Waals surface area contributed by atoms with Crippen molar-refractivity contribution >= 4 is 22.8 Å². The normalized spacial score (nSPS) is 15.8. The van der Waals surface area contributed by atoms with Crippen molar-refractivity contribution in [2.24, 2.45) is 5.92 Å². The van der Waals surface area contributed by atoms with E-state index in [1.165, 1.54) is 0 Å². The van der Waals surface area contributed by atoms with Gasteiger partial charge in [-0.25, -0.2) is 15.0 Å². The largest absolute Gasteiger partial charge is 0.491 e. The molecule has 3 aromatic heterocycles. The Kier molecular flexibility index (Phi) is 5.62. The number of aromatic nitrogens is 4. The van der Waals surface area contributed by atoms with Gasteiger partial charge >= 0.3 is 0 Å². The van der Waals surface area contributed by atoms with Gasteiger partial charge in [0.25, 0.3) is 0 Å². The molecule has 4 heterocycles. The third-order valence-corrected chi connectivity index (χ3v) is 6.39. The summed E-state index contributed by atoms with van der Waals surface area (Å²) in [5.41, 5.74) is 4.95. The third kappa shape index (κ3) is 3.31. The number of fused-ring (bicyclic) bond motifs is 2. The molecule has 1 aliphatic rings. The van der Waals surface area contributed by atoms with Gasteiger partial charge in [0.2, 0.25) is 5.88 Å². The Bertz CT molecular complexity index is 1090. The van der Waals surface area contributed by atoms with Crippen molar-refractivity contribution in [3.05, 3.63) is 28.7 Å². The van der Waals surface area contributed by atoms with Crippen LogP contribution in [-0.4, -0.2) is 33.2 Å². The molecule has 7 heteroatoms. The molecule has 160 valence electrons. The number of hydrogen-bond donors (Lipinski definition) is 0. The van der Waals surface area contributed by atoms with Gasteiger partial charge < -0.3 is 14.0 Å². The maximum absolute atomic E-state index is 6.66. The average Bonchev–Trinajstić information content (AvgIpc) is 3.28. The highest BCUT2D eigenvalue weighted by Crippen LogP contribution is 2.43. The Balaban J connectivity index is 1.88. The third-order valence-electron chi connectivity index (χ3n) is 6.12. The van der Waals surface area contributed by atoms with Gasteiger partial charge in [-0.1, -0.05) is 39.3 Å². The Morgan fingerprint density at radius 3 is 2.60 bits per heavy atom. The van der Waals surface area contributed by atoms with Crippen LogP contribution < -0.4 is 9.47 Å². The van der Waals surface area contributed by atoms with Crippen LogP contribution in [-0.2, 0) is 0 Å². The number of methoxy groups -OCH3 is 1. The minimum Gasteiger partial charge on any atom is -0.491 e. The van der Waals surface area contributed by atoms with Gasteiger partial charge in [0, 0.05) is 18.2 Å². The molecule has 0 amide bonds. The predicted molar refractivity (Wildman–Crippen MR) is 120 cm³/mol. The van der Waals surface area contributed by atoms with Crippen LogP contribution in [0.4, 0.5) is 0 Å². The fraction of sp³-hybridized carbons (Fsp3) is 0.522. The Hall–Kier alpha value is -2.34. The smallest absolute Gasteiger partial charge is 0.223 e. The van der Waals surface area contributed by atoms with Gasteiger partial charge in [0.05, 0.1) is 25.0 Å². The first kappa shape index (κ1) is 20.9. The minimum absolute atomic E-state index is 0.253. The van der Waals surface area contributed by atoms with E-state index in [1.807, 2.05) is 6.07 Å². The molecule has 0 radical (unpaired) electrons. The quantitative estimate of drug-likeness (QED) is 0.485. The lowest BCUT2D eigenvalue weighted by molar-refractivity contribution is 0.303. The monoisotopic (exact) mass is 428 g/mol. The summed E-state index contributed by atoms with van der Waals surface area (Å²) in [6, 6.07) is 2.31. The number of halogens is 1. The lowest BCUT2D eigenvalue weighted by atomic mass is 9.94. The number of nitrogens with zero attached hydrogens (tertiary/aromatic N) is 4. The van der Waals surface area contributed by atoms with E-state index in [0.29, 0.717) is 40.9 Å². The van der Waals surface area contributed by atoms with Crippen molar-refractivity contribution in [3.8, 4) is 22.9 Å². The van der Waals surface area contributed by atoms with Gasteiger partial charge in [-0.15, -0.1) is 0 Å². The lowest BCUT2D eigenvalue weighted by Crippen LogP contribution is -2.09. The Morgan fingerprint density at radius 1 is 1.23 bits per heavy atom. The summed E-state index contributed by atoms with van der Waals surface area (Å²) < 4.78 is 13.8. The van der Waals surface area contributed by atoms with E-state index in [1.54, 1.807) is 7.11 Å². The van der Waals surface area contributed by atoms with E-state index >= 15 is 0 Å². The molecule has 0 saturated carbocycles. The number of ether oxygens (including phenoxy) is 2. The maximum Gasteiger partial charge on any atom is 0.223 e. The Labute approximate surface area is 182 Å². The zero-order valence-electron chi connectivity index (χ0n) is 18.5. The van der Waals surface area contributed by atoms with Crippen LogP contribution >= 0.6 is 11.6 Å². The lowest BCUT2D eigenvalue weighted by Gasteiger charge is -2.16. The molecule has 1 atom stereocenters.